The first-order chi connectivity index (χ1) is 13.6. The molecule has 0 aliphatic rings. The van der Waals surface area contributed by atoms with Crippen LogP contribution in [0, 0.1) is 6.92 Å². The van der Waals surface area contributed by atoms with Crippen molar-refractivity contribution in [3.8, 4) is 5.75 Å². The normalized spacial score (nSPS) is 10.6. The third kappa shape index (κ3) is 5.78. The molecular formula is C21H19N3O3S. The summed E-state index contributed by atoms with van der Waals surface area (Å²) in [6, 6.07) is 18.2. The Morgan fingerprint density at radius 2 is 1.93 bits per heavy atom. The van der Waals surface area contributed by atoms with Gasteiger partial charge >= 0.3 is 5.97 Å². The Balaban J connectivity index is 1.49. The number of benzene rings is 2. The van der Waals surface area contributed by atoms with E-state index in [0.29, 0.717) is 16.2 Å². The molecule has 142 valence electrons. The van der Waals surface area contributed by atoms with E-state index in [-0.39, 0.29) is 12.5 Å². The molecule has 0 aliphatic heterocycles. The van der Waals surface area contributed by atoms with Gasteiger partial charge in [-0.25, -0.2) is 10.2 Å². The fraction of sp³-hybridized carbons (Fsp3) is 0.0952. The number of esters is 1. The third-order valence-corrected chi connectivity index (χ3v) is 4.55. The van der Waals surface area contributed by atoms with E-state index in [1.165, 1.54) is 17.6 Å². The minimum atomic E-state index is -0.403. The van der Waals surface area contributed by atoms with Crippen LogP contribution < -0.4 is 15.5 Å². The summed E-state index contributed by atoms with van der Waals surface area (Å²) in [5.74, 6) is -0.258. The third-order valence-electron chi connectivity index (χ3n) is 3.70. The SMILES string of the molecule is Cc1ccc(NCC(=O)N/N=C/c2cccc(OC(=O)c3cccs3)c2)cc1. The van der Waals surface area contributed by atoms with Crippen LogP contribution in [0.1, 0.15) is 20.8 Å². The predicted molar refractivity (Wildman–Crippen MR) is 111 cm³/mol. The molecule has 1 aromatic heterocycles. The molecule has 0 saturated carbocycles. The molecule has 1 heterocycles. The van der Waals surface area contributed by atoms with Crippen molar-refractivity contribution in [2.75, 3.05) is 11.9 Å². The van der Waals surface area contributed by atoms with Crippen LogP contribution >= 0.6 is 11.3 Å². The van der Waals surface area contributed by atoms with Crippen molar-refractivity contribution in [3.05, 3.63) is 82.0 Å². The zero-order valence-corrected chi connectivity index (χ0v) is 16.0. The molecule has 0 saturated heterocycles. The van der Waals surface area contributed by atoms with Crippen LogP contribution in [0.4, 0.5) is 5.69 Å². The lowest BCUT2D eigenvalue weighted by Crippen LogP contribution is -2.25. The molecule has 0 spiro atoms. The van der Waals surface area contributed by atoms with Crippen molar-refractivity contribution in [2.24, 2.45) is 5.10 Å². The molecule has 6 nitrogen and oxygen atoms in total. The Bertz CT molecular complexity index is 967. The van der Waals surface area contributed by atoms with Gasteiger partial charge in [0.15, 0.2) is 0 Å². The number of hydrogen-bond acceptors (Lipinski definition) is 6. The van der Waals surface area contributed by atoms with E-state index < -0.39 is 5.97 Å². The monoisotopic (exact) mass is 393 g/mol. The van der Waals surface area contributed by atoms with E-state index in [4.69, 9.17) is 4.74 Å². The van der Waals surface area contributed by atoms with Gasteiger partial charge in [0.1, 0.15) is 10.6 Å². The van der Waals surface area contributed by atoms with Crippen LogP contribution in [-0.4, -0.2) is 24.6 Å². The smallest absolute Gasteiger partial charge is 0.353 e. The number of carbonyl (C=O) groups is 2. The first-order valence-corrected chi connectivity index (χ1v) is 9.46. The summed E-state index contributed by atoms with van der Waals surface area (Å²) in [6.45, 7) is 2.11. The summed E-state index contributed by atoms with van der Waals surface area (Å²) in [5.41, 5.74) is 5.18. The average Bonchev–Trinajstić information content (AvgIpc) is 3.23. The quantitative estimate of drug-likeness (QED) is 0.277. The van der Waals surface area contributed by atoms with E-state index >= 15 is 0 Å². The maximum atomic E-state index is 12.0. The highest BCUT2D eigenvalue weighted by molar-refractivity contribution is 7.12. The Kier molecular flexibility index (Phi) is 6.54. The number of hydrogen-bond donors (Lipinski definition) is 2. The summed E-state index contributed by atoms with van der Waals surface area (Å²) in [6.07, 6.45) is 1.49. The number of hydrazone groups is 1. The van der Waals surface area contributed by atoms with Crippen molar-refractivity contribution >= 4 is 35.1 Å². The highest BCUT2D eigenvalue weighted by atomic mass is 32.1. The summed E-state index contributed by atoms with van der Waals surface area (Å²) >= 11 is 1.32. The first-order valence-electron chi connectivity index (χ1n) is 8.58. The number of amides is 1. The lowest BCUT2D eigenvalue weighted by Gasteiger charge is -2.05. The number of nitrogens with zero attached hydrogens (tertiary/aromatic N) is 1. The highest BCUT2D eigenvalue weighted by Crippen LogP contribution is 2.16. The van der Waals surface area contributed by atoms with Crippen LogP contribution in [0.3, 0.4) is 0 Å². The molecule has 3 rings (SSSR count). The molecule has 2 aromatic carbocycles. The fourth-order valence-corrected chi connectivity index (χ4v) is 2.88. The molecule has 0 atom stereocenters. The molecule has 2 N–H and O–H groups in total. The van der Waals surface area contributed by atoms with Gasteiger partial charge in [0.05, 0.1) is 12.8 Å². The zero-order valence-electron chi connectivity index (χ0n) is 15.2. The van der Waals surface area contributed by atoms with E-state index in [2.05, 4.69) is 15.8 Å². The number of nitrogens with one attached hydrogen (secondary N) is 2. The molecule has 0 radical (unpaired) electrons. The van der Waals surface area contributed by atoms with Gasteiger partial charge in [-0.05, 0) is 48.2 Å². The van der Waals surface area contributed by atoms with Crippen molar-refractivity contribution in [1.82, 2.24) is 5.43 Å². The van der Waals surface area contributed by atoms with Gasteiger partial charge in [0, 0.05) is 5.69 Å². The minimum Gasteiger partial charge on any atom is -0.422 e. The van der Waals surface area contributed by atoms with Crippen molar-refractivity contribution in [3.63, 3.8) is 0 Å². The molecule has 1 amide bonds. The topological polar surface area (TPSA) is 79.8 Å². The van der Waals surface area contributed by atoms with Crippen LogP contribution in [-0.2, 0) is 4.79 Å². The minimum absolute atomic E-state index is 0.110. The Morgan fingerprint density at radius 1 is 1.11 bits per heavy atom. The molecule has 7 heteroatoms. The fourth-order valence-electron chi connectivity index (χ4n) is 2.28. The van der Waals surface area contributed by atoms with Crippen LogP contribution in [0.25, 0.3) is 0 Å². The second-order valence-electron chi connectivity index (χ2n) is 5.95. The highest BCUT2D eigenvalue weighted by Gasteiger charge is 2.09. The standard InChI is InChI=1S/C21H19N3O3S/c1-15-7-9-17(10-8-15)22-14-20(25)24-23-13-16-4-2-5-18(12-16)27-21(26)19-6-3-11-28-19/h2-13,22H,14H2,1H3,(H,24,25)/b23-13+. The summed E-state index contributed by atoms with van der Waals surface area (Å²) in [7, 11) is 0. The molecule has 0 aliphatic carbocycles. The molecule has 28 heavy (non-hydrogen) atoms. The van der Waals surface area contributed by atoms with Crippen LogP contribution in [0.5, 0.6) is 5.75 Å². The van der Waals surface area contributed by atoms with Crippen molar-refractivity contribution in [2.45, 2.75) is 6.92 Å². The van der Waals surface area contributed by atoms with Gasteiger partial charge in [0.2, 0.25) is 0 Å². The van der Waals surface area contributed by atoms with Gasteiger partial charge in [-0.3, -0.25) is 4.79 Å². The molecule has 3 aromatic rings. The van der Waals surface area contributed by atoms with Crippen molar-refractivity contribution in [1.29, 1.82) is 0 Å². The predicted octanol–water partition coefficient (Wildman–Crippen LogP) is 3.84. The summed E-state index contributed by atoms with van der Waals surface area (Å²) < 4.78 is 5.34. The van der Waals surface area contributed by atoms with Gasteiger partial charge in [-0.15, -0.1) is 11.3 Å². The summed E-state index contributed by atoms with van der Waals surface area (Å²) in [4.78, 5) is 24.4. The lowest BCUT2D eigenvalue weighted by molar-refractivity contribution is -0.119. The van der Waals surface area contributed by atoms with Gasteiger partial charge in [-0.1, -0.05) is 35.9 Å². The van der Waals surface area contributed by atoms with Gasteiger partial charge in [0.25, 0.3) is 5.91 Å². The average molecular weight is 393 g/mol. The van der Waals surface area contributed by atoms with E-state index in [1.807, 2.05) is 36.6 Å². The Morgan fingerprint density at radius 3 is 2.68 bits per heavy atom. The Hall–Kier alpha value is -3.45. The molecule has 0 unspecified atom stereocenters. The second kappa shape index (κ2) is 9.48. The maximum absolute atomic E-state index is 12.0. The van der Waals surface area contributed by atoms with E-state index in [9.17, 15) is 9.59 Å². The van der Waals surface area contributed by atoms with Gasteiger partial charge in [-0.2, -0.15) is 5.10 Å². The van der Waals surface area contributed by atoms with Crippen LogP contribution in [0.15, 0.2) is 71.1 Å². The number of thiophene rings is 1. The first kappa shape index (κ1) is 19.3. The number of rotatable bonds is 7. The molecule has 0 bridgehead atoms. The van der Waals surface area contributed by atoms with Crippen LogP contribution in [0.2, 0.25) is 0 Å². The lowest BCUT2D eigenvalue weighted by atomic mass is 10.2. The van der Waals surface area contributed by atoms with Gasteiger partial charge < -0.3 is 10.1 Å². The largest absolute Gasteiger partial charge is 0.422 e. The molecule has 0 fully saturated rings. The number of aryl methyl sites for hydroxylation is 1. The number of ether oxygens (including phenoxy) is 1. The second-order valence-corrected chi connectivity index (χ2v) is 6.90. The van der Waals surface area contributed by atoms with E-state index in [1.54, 1.807) is 36.4 Å². The van der Waals surface area contributed by atoms with Crippen molar-refractivity contribution < 1.29 is 14.3 Å². The zero-order chi connectivity index (χ0) is 19.8. The summed E-state index contributed by atoms with van der Waals surface area (Å²) in [5, 5.41) is 8.77. The number of carbonyl (C=O) groups excluding carboxylic acids is 2. The number of anilines is 1. The van der Waals surface area contributed by atoms with E-state index in [0.717, 1.165) is 11.3 Å². The maximum Gasteiger partial charge on any atom is 0.353 e. The molecular weight excluding hydrogens is 374 g/mol. The Labute approximate surface area is 166 Å².